The first-order valence-electron chi connectivity index (χ1n) is 6.27. The molecule has 17 heavy (non-hydrogen) atoms. The minimum atomic E-state index is -0.492. The Morgan fingerprint density at radius 2 is 2.06 bits per heavy atom. The van der Waals surface area contributed by atoms with E-state index in [2.05, 4.69) is 6.07 Å². The third-order valence-corrected chi connectivity index (χ3v) is 3.40. The highest BCUT2D eigenvalue weighted by molar-refractivity contribution is 5.81. The largest absolute Gasteiger partial charge is 0.384 e. The van der Waals surface area contributed by atoms with Gasteiger partial charge in [-0.3, -0.25) is 4.79 Å². The predicted octanol–water partition coefficient (Wildman–Crippen LogP) is 1.67. The zero-order valence-corrected chi connectivity index (χ0v) is 11.0. The molecule has 1 aliphatic rings. The molecule has 1 atom stereocenters. The molecule has 0 bridgehead atoms. The van der Waals surface area contributed by atoms with Crippen molar-refractivity contribution in [3.05, 3.63) is 0 Å². The van der Waals surface area contributed by atoms with E-state index in [0.29, 0.717) is 5.92 Å². The molecule has 0 aromatic heterocycles. The highest BCUT2D eigenvalue weighted by Gasteiger charge is 2.29. The lowest BCUT2D eigenvalue weighted by molar-refractivity contribution is -0.136. The van der Waals surface area contributed by atoms with Crippen molar-refractivity contribution in [3.63, 3.8) is 0 Å². The topological polar surface area (TPSA) is 53.3 Å². The molecule has 1 heterocycles. The third kappa shape index (κ3) is 3.71. The smallest absolute Gasteiger partial charge is 0.240 e. The van der Waals surface area contributed by atoms with E-state index in [1.165, 1.54) is 0 Å². The fourth-order valence-electron chi connectivity index (χ4n) is 2.24. The van der Waals surface area contributed by atoms with Gasteiger partial charge in [-0.25, -0.2) is 0 Å². The van der Waals surface area contributed by atoms with Crippen LogP contribution < -0.4 is 0 Å². The molecule has 0 spiro atoms. The lowest BCUT2D eigenvalue weighted by Crippen LogP contribution is -2.43. The van der Waals surface area contributed by atoms with Gasteiger partial charge in [0.1, 0.15) is 5.92 Å². The van der Waals surface area contributed by atoms with Crippen LogP contribution in [0.2, 0.25) is 0 Å². The molecule has 1 aliphatic heterocycles. The van der Waals surface area contributed by atoms with Crippen molar-refractivity contribution < 1.29 is 9.53 Å². The molecule has 0 aromatic carbocycles. The monoisotopic (exact) mass is 238 g/mol. The van der Waals surface area contributed by atoms with Crippen LogP contribution in [0.1, 0.15) is 26.7 Å². The van der Waals surface area contributed by atoms with Crippen molar-refractivity contribution in [3.8, 4) is 6.07 Å². The number of piperidine rings is 1. The van der Waals surface area contributed by atoms with Gasteiger partial charge in [0.25, 0.3) is 0 Å². The minimum absolute atomic E-state index is 0.00151. The zero-order valence-electron chi connectivity index (χ0n) is 11.0. The van der Waals surface area contributed by atoms with E-state index in [0.717, 1.165) is 32.5 Å². The second kappa shape index (κ2) is 6.61. The number of nitriles is 1. The average Bonchev–Trinajstić information content (AvgIpc) is 2.30. The molecular formula is C13H22N2O2. The van der Waals surface area contributed by atoms with Crippen molar-refractivity contribution in [2.45, 2.75) is 26.7 Å². The molecule has 0 radical (unpaired) electrons. The Morgan fingerprint density at radius 1 is 1.47 bits per heavy atom. The van der Waals surface area contributed by atoms with Crippen molar-refractivity contribution in [2.75, 3.05) is 26.8 Å². The highest BCUT2D eigenvalue weighted by Crippen LogP contribution is 2.21. The van der Waals surface area contributed by atoms with Gasteiger partial charge in [0.05, 0.1) is 6.07 Å². The van der Waals surface area contributed by atoms with Crippen LogP contribution in [0.25, 0.3) is 0 Å². The lowest BCUT2D eigenvalue weighted by Gasteiger charge is -2.33. The standard InChI is InChI=1S/C13H22N2O2/c1-10(2)12(8-14)13(16)15-6-4-11(5-7-15)9-17-3/h10-12H,4-7,9H2,1-3H3. The summed E-state index contributed by atoms with van der Waals surface area (Å²) in [5.41, 5.74) is 0. The second-order valence-corrected chi connectivity index (χ2v) is 5.07. The van der Waals surface area contributed by atoms with E-state index in [1.807, 2.05) is 18.7 Å². The number of hydrogen-bond donors (Lipinski definition) is 0. The average molecular weight is 238 g/mol. The number of ether oxygens (including phenoxy) is 1. The quantitative estimate of drug-likeness (QED) is 0.748. The second-order valence-electron chi connectivity index (χ2n) is 5.07. The molecule has 1 fully saturated rings. The Kier molecular flexibility index (Phi) is 5.43. The van der Waals surface area contributed by atoms with Crippen LogP contribution in [0.4, 0.5) is 0 Å². The van der Waals surface area contributed by atoms with Crippen LogP contribution in [0.15, 0.2) is 0 Å². The van der Waals surface area contributed by atoms with E-state index < -0.39 is 5.92 Å². The Hall–Kier alpha value is -1.08. The normalized spacial score (nSPS) is 19.1. The molecule has 96 valence electrons. The van der Waals surface area contributed by atoms with Gasteiger partial charge in [0, 0.05) is 26.8 Å². The van der Waals surface area contributed by atoms with Gasteiger partial charge in [-0.1, -0.05) is 13.8 Å². The van der Waals surface area contributed by atoms with Crippen LogP contribution >= 0.6 is 0 Å². The zero-order chi connectivity index (χ0) is 12.8. The summed E-state index contributed by atoms with van der Waals surface area (Å²) in [4.78, 5) is 13.9. The third-order valence-electron chi connectivity index (χ3n) is 3.40. The van der Waals surface area contributed by atoms with Crippen molar-refractivity contribution in [1.29, 1.82) is 5.26 Å². The Balaban J connectivity index is 2.48. The summed E-state index contributed by atoms with van der Waals surface area (Å²) in [6.07, 6.45) is 1.96. The van der Waals surface area contributed by atoms with Crippen molar-refractivity contribution in [1.82, 2.24) is 4.90 Å². The molecular weight excluding hydrogens is 216 g/mol. The van der Waals surface area contributed by atoms with Crippen LogP contribution in [0.5, 0.6) is 0 Å². The van der Waals surface area contributed by atoms with E-state index in [4.69, 9.17) is 10.00 Å². The molecule has 0 aromatic rings. The number of nitrogens with zero attached hydrogens (tertiary/aromatic N) is 2. The van der Waals surface area contributed by atoms with Gasteiger partial charge >= 0.3 is 0 Å². The van der Waals surface area contributed by atoms with Gasteiger partial charge in [0.15, 0.2) is 0 Å². The van der Waals surface area contributed by atoms with Crippen LogP contribution in [0, 0.1) is 29.1 Å². The molecule has 4 nitrogen and oxygen atoms in total. The summed E-state index contributed by atoms with van der Waals surface area (Å²) >= 11 is 0. The van der Waals surface area contributed by atoms with Crippen LogP contribution in [-0.2, 0) is 9.53 Å². The number of carbonyl (C=O) groups excluding carboxylic acids is 1. The van der Waals surface area contributed by atoms with E-state index >= 15 is 0 Å². The minimum Gasteiger partial charge on any atom is -0.384 e. The molecule has 0 N–H and O–H groups in total. The molecule has 4 heteroatoms. The summed E-state index contributed by atoms with van der Waals surface area (Å²) in [5, 5.41) is 9.02. The van der Waals surface area contributed by atoms with E-state index in [9.17, 15) is 4.79 Å². The summed E-state index contributed by atoms with van der Waals surface area (Å²) in [6.45, 7) is 6.14. The molecule has 1 saturated heterocycles. The maximum Gasteiger partial charge on any atom is 0.240 e. The Morgan fingerprint density at radius 3 is 2.47 bits per heavy atom. The first kappa shape index (κ1) is 14.0. The highest BCUT2D eigenvalue weighted by atomic mass is 16.5. The number of amides is 1. The van der Waals surface area contributed by atoms with Crippen molar-refractivity contribution in [2.24, 2.45) is 17.8 Å². The van der Waals surface area contributed by atoms with Gasteiger partial charge in [-0.2, -0.15) is 5.26 Å². The Bertz CT molecular complexity index is 288. The van der Waals surface area contributed by atoms with Gasteiger partial charge in [-0.15, -0.1) is 0 Å². The predicted molar refractivity (Wildman–Crippen MR) is 65.1 cm³/mol. The van der Waals surface area contributed by atoms with E-state index in [-0.39, 0.29) is 11.8 Å². The number of rotatable bonds is 4. The van der Waals surface area contributed by atoms with Gasteiger partial charge in [0.2, 0.25) is 5.91 Å². The maximum absolute atomic E-state index is 12.1. The number of carbonyl (C=O) groups is 1. The lowest BCUT2D eigenvalue weighted by atomic mass is 9.93. The number of hydrogen-bond acceptors (Lipinski definition) is 3. The first-order valence-corrected chi connectivity index (χ1v) is 6.27. The van der Waals surface area contributed by atoms with Crippen LogP contribution in [-0.4, -0.2) is 37.6 Å². The molecule has 1 amide bonds. The SMILES string of the molecule is COCC1CCN(C(=O)C(C#N)C(C)C)CC1. The molecule has 1 unspecified atom stereocenters. The summed E-state index contributed by atoms with van der Waals surface area (Å²) < 4.78 is 5.13. The summed E-state index contributed by atoms with van der Waals surface area (Å²) in [5.74, 6) is 0.153. The van der Waals surface area contributed by atoms with Gasteiger partial charge < -0.3 is 9.64 Å². The van der Waals surface area contributed by atoms with E-state index in [1.54, 1.807) is 7.11 Å². The summed E-state index contributed by atoms with van der Waals surface area (Å²) in [6, 6.07) is 2.12. The maximum atomic E-state index is 12.1. The van der Waals surface area contributed by atoms with Crippen molar-refractivity contribution >= 4 is 5.91 Å². The van der Waals surface area contributed by atoms with Crippen LogP contribution in [0.3, 0.4) is 0 Å². The summed E-state index contributed by atoms with van der Waals surface area (Å²) in [7, 11) is 1.71. The van der Waals surface area contributed by atoms with Gasteiger partial charge in [-0.05, 0) is 24.7 Å². The first-order chi connectivity index (χ1) is 8.10. The number of methoxy groups -OCH3 is 1. The number of likely N-dealkylation sites (tertiary alicyclic amines) is 1. The molecule has 0 saturated carbocycles. The fourth-order valence-corrected chi connectivity index (χ4v) is 2.24. The fraction of sp³-hybridized carbons (Fsp3) is 0.846. The molecule has 1 rings (SSSR count). The Labute approximate surface area is 104 Å². The molecule has 0 aliphatic carbocycles.